The number of rotatable bonds is 6. The van der Waals surface area contributed by atoms with E-state index >= 15 is 0 Å². The monoisotopic (exact) mass is 339 g/mol. The van der Waals surface area contributed by atoms with Gasteiger partial charge in [-0.15, -0.1) is 0 Å². The van der Waals surface area contributed by atoms with Crippen molar-refractivity contribution in [2.45, 2.75) is 19.0 Å². The molecule has 25 heavy (non-hydrogen) atoms. The van der Waals surface area contributed by atoms with Gasteiger partial charge in [-0.05, 0) is 18.2 Å². The molecule has 0 spiro atoms. The fourth-order valence-corrected chi connectivity index (χ4v) is 2.84. The molecule has 3 aromatic rings. The third-order valence-corrected chi connectivity index (χ3v) is 4.13. The van der Waals surface area contributed by atoms with Gasteiger partial charge in [0.1, 0.15) is 24.6 Å². The second kappa shape index (κ2) is 6.88. The van der Waals surface area contributed by atoms with Crippen molar-refractivity contribution in [1.29, 1.82) is 0 Å². The summed E-state index contributed by atoms with van der Waals surface area (Å²) in [5.74, 6) is 0.742. The Balaban J connectivity index is 1.51. The van der Waals surface area contributed by atoms with Crippen LogP contribution in [0.1, 0.15) is 24.7 Å². The zero-order valence-corrected chi connectivity index (χ0v) is 13.6. The number of dihydropyridines is 1. The zero-order chi connectivity index (χ0) is 17.1. The average molecular weight is 339 g/mol. The number of ether oxygens (including phenoxy) is 1. The summed E-state index contributed by atoms with van der Waals surface area (Å²) in [6.45, 7) is 0.0228. The fraction of sp³-hybridized carbons (Fsp3) is 0.278. The highest BCUT2D eigenvalue weighted by Gasteiger charge is 2.14. The summed E-state index contributed by atoms with van der Waals surface area (Å²) in [6, 6.07) is 7.94. The molecule has 3 heterocycles. The molecule has 0 bridgehead atoms. The average Bonchev–Trinajstić information content (AvgIpc) is 3.31. The van der Waals surface area contributed by atoms with Gasteiger partial charge < -0.3 is 9.72 Å². The van der Waals surface area contributed by atoms with Crippen LogP contribution in [0.25, 0.3) is 16.5 Å². The number of aromatic amines is 1. The van der Waals surface area contributed by atoms with E-state index in [0.29, 0.717) is 13.0 Å². The second-order valence-electron chi connectivity index (χ2n) is 5.85. The molecular formula is C18H18FN5O. The molecule has 1 aliphatic rings. The highest BCUT2D eigenvalue weighted by atomic mass is 19.1. The summed E-state index contributed by atoms with van der Waals surface area (Å²) in [7, 11) is 0. The normalized spacial score (nSPS) is 17.0. The molecule has 1 atom stereocenters. The van der Waals surface area contributed by atoms with Crippen LogP contribution < -0.4 is 4.74 Å². The maximum absolute atomic E-state index is 12.2. The van der Waals surface area contributed by atoms with Gasteiger partial charge in [-0.1, -0.05) is 6.08 Å². The van der Waals surface area contributed by atoms with E-state index in [9.17, 15) is 4.39 Å². The highest BCUT2D eigenvalue weighted by Crippen LogP contribution is 2.27. The van der Waals surface area contributed by atoms with Crippen LogP contribution in [0.2, 0.25) is 0 Å². The highest BCUT2D eigenvalue weighted by molar-refractivity contribution is 6.11. The first-order valence-electron chi connectivity index (χ1n) is 8.23. The minimum Gasteiger partial charge on any atom is -0.493 e. The van der Waals surface area contributed by atoms with Gasteiger partial charge in [0, 0.05) is 47.3 Å². The van der Waals surface area contributed by atoms with Gasteiger partial charge in [-0.25, -0.2) is 9.67 Å². The molecule has 0 amide bonds. The quantitative estimate of drug-likeness (QED) is 0.698. The Bertz CT molecular complexity index is 913. The second-order valence-corrected chi connectivity index (χ2v) is 5.85. The van der Waals surface area contributed by atoms with Crippen molar-refractivity contribution in [3.05, 3.63) is 48.7 Å². The Hall–Kier alpha value is -2.96. The number of hydrogen-bond acceptors (Lipinski definition) is 4. The fourth-order valence-electron chi connectivity index (χ4n) is 2.84. The number of aliphatic imine (C=N–C) groups is 1. The van der Waals surface area contributed by atoms with Crippen molar-refractivity contribution < 1.29 is 9.13 Å². The molecule has 4 rings (SSSR count). The van der Waals surface area contributed by atoms with E-state index in [1.807, 2.05) is 24.4 Å². The number of fused-ring (bicyclic) bond motifs is 1. The zero-order valence-electron chi connectivity index (χ0n) is 13.6. The summed E-state index contributed by atoms with van der Waals surface area (Å²) in [4.78, 5) is 11.9. The van der Waals surface area contributed by atoms with Gasteiger partial charge in [0.15, 0.2) is 0 Å². The van der Waals surface area contributed by atoms with Gasteiger partial charge in [0.25, 0.3) is 0 Å². The molecule has 0 aliphatic carbocycles. The first-order valence-corrected chi connectivity index (χ1v) is 8.23. The molecule has 7 heteroatoms. The number of alkyl halides is 1. The molecule has 128 valence electrons. The maximum Gasteiger partial charge on any atom is 0.146 e. The SMILES string of the molecule is FCCCOc1ccc2cc(C3=CCC(n4cncn4)N=C3)[nH]c2c1. The molecular weight excluding hydrogens is 321 g/mol. The van der Waals surface area contributed by atoms with E-state index in [2.05, 4.69) is 32.2 Å². The van der Waals surface area contributed by atoms with Gasteiger partial charge in [0.05, 0.1) is 13.3 Å². The number of nitrogens with zero attached hydrogens (tertiary/aromatic N) is 4. The van der Waals surface area contributed by atoms with Crippen LogP contribution in [0.15, 0.2) is 48.0 Å². The predicted octanol–water partition coefficient (Wildman–Crippen LogP) is 3.55. The Morgan fingerprint density at radius 1 is 1.32 bits per heavy atom. The molecule has 1 N–H and O–H groups in total. The molecule has 1 aliphatic heterocycles. The van der Waals surface area contributed by atoms with E-state index in [1.54, 1.807) is 11.0 Å². The number of allylic oxidation sites excluding steroid dienone is 1. The molecule has 6 nitrogen and oxygen atoms in total. The standard InChI is InChI=1S/C18H18FN5O/c19-6-1-7-25-15-4-2-13-8-16(23-17(13)9-15)14-3-5-18(21-10-14)24-12-20-11-22-24/h2-4,8-12,18,23H,1,5-7H2. The van der Waals surface area contributed by atoms with Crippen molar-refractivity contribution in [3.63, 3.8) is 0 Å². The topological polar surface area (TPSA) is 68.1 Å². The van der Waals surface area contributed by atoms with Crippen LogP contribution in [-0.4, -0.2) is 39.2 Å². The van der Waals surface area contributed by atoms with Crippen LogP contribution in [0.3, 0.4) is 0 Å². The van der Waals surface area contributed by atoms with Crippen LogP contribution in [0.5, 0.6) is 5.75 Å². The summed E-state index contributed by atoms with van der Waals surface area (Å²) >= 11 is 0. The molecule has 0 saturated heterocycles. The van der Waals surface area contributed by atoms with Crippen LogP contribution in [0, 0.1) is 0 Å². The van der Waals surface area contributed by atoms with E-state index in [-0.39, 0.29) is 12.8 Å². The number of halogens is 1. The summed E-state index contributed by atoms with van der Waals surface area (Å²) in [6.07, 6.45) is 8.33. The molecule has 0 saturated carbocycles. The first kappa shape index (κ1) is 15.6. The number of H-pyrrole nitrogens is 1. The summed E-state index contributed by atoms with van der Waals surface area (Å²) in [5.41, 5.74) is 3.05. The van der Waals surface area contributed by atoms with E-state index in [1.165, 1.54) is 6.33 Å². The van der Waals surface area contributed by atoms with Crippen molar-refractivity contribution in [2.24, 2.45) is 4.99 Å². The number of benzene rings is 1. The van der Waals surface area contributed by atoms with Gasteiger partial charge in [-0.2, -0.15) is 5.10 Å². The Labute approximate surface area is 144 Å². The van der Waals surface area contributed by atoms with Gasteiger partial charge in [-0.3, -0.25) is 9.38 Å². The molecule has 1 aromatic carbocycles. The lowest BCUT2D eigenvalue weighted by Gasteiger charge is -2.14. The Morgan fingerprint density at radius 2 is 2.28 bits per heavy atom. The summed E-state index contributed by atoms with van der Waals surface area (Å²) in [5, 5.41) is 5.23. The minimum atomic E-state index is -0.363. The third-order valence-electron chi connectivity index (χ3n) is 4.13. The Kier molecular flexibility index (Phi) is 4.28. The number of nitrogens with one attached hydrogen (secondary N) is 1. The van der Waals surface area contributed by atoms with Crippen LogP contribution in [-0.2, 0) is 0 Å². The largest absolute Gasteiger partial charge is 0.493 e. The van der Waals surface area contributed by atoms with Crippen molar-refractivity contribution >= 4 is 22.7 Å². The maximum atomic E-state index is 12.2. The third kappa shape index (κ3) is 3.31. The molecule has 0 radical (unpaired) electrons. The van der Waals surface area contributed by atoms with E-state index in [4.69, 9.17) is 4.74 Å². The minimum absolute atomic E-state index is 0.0360. The van der Waals surface area contributed by atoms with Gasteiger partial charge in [0.2, 0.25) is 0 Å². The van der Waals surface area contributed by atoms with E-state index < -0.39 is 0 Å². The molecule has 0 fully saturated rings. The first-order chi connectivity index (χ1) is 12.3. The number of hydrogen-bond donors (Lipinski definition) is 1. The predicted molar refractivity (Wildman–Crippen MR) is 94.5 cm³/mol. The summed E-state index contributed by atoms with van der Waals surface area (Å²) < 4.78 is 19.5. The van der Waals surface area contributed by atoms with E-state index in [0.717, 1.165) is 34.3 Å². The Morgan fingerprint density at radius 3 is 3.04 bits per heavy atom. The smallest absolute Gasteiger partial charge is 0.146 e. The molecule has 1 unspecified atom stereocenters. The lowest BCUT2D eigenvalue weighted by molar-refractivity contribution is 0.290. The van der Waals surface area contributed by atoms with Crippen LogP contribution >= 0.6 is 0 Å². The molecule has 2 aromatic heterocycles. The van der Waals surface area contributed by atoms with Gasteiger partial charge >= 0.3 is 0 Å². The van der Waals surface area contributed by atoms with Crippen molar-refractivity contribution in [2.75, 3.05) is 13.3 Å². The van der Waals surface area contributed by atoms with Crippen molar-refractivity contribution in [1.82, 2.24) is 19.7 Å². The van der Waals surface area contributed by atoms with Crippen LogP contribution in [0.4, 0.5) is 4.39 Å². The lowest BCUT2D eigenvalue weighted by Crippen LogP contribution is -2.10. The lowest BCUT2D eigenvalue weighted by atomic mass is 10.1. The van der Waals surface area contributed by atoms with Crippen molar-refractivity contribution in [3.8, 4) is 5.75 Å². The number of aromatic nitrogens is 4.